The molecule has 0 aliphatic carbocycles. The van der Waals surface area contributed by atoms with E-state index in [0.717, 1.165) is 27.5 Å². The van der Waals surface area contributed by atoms with Gasteiger partial charge >= 0.3 is 0 Å². The van der Waals surface area contributed by atoms with Crippen LogP contribution in [0.15, 0.2) is 35.5 Å². The van der Waals surface area contributed by atoms with Gasteiger partial charge in [-0.25, -0.2) is 9.97 Å². The molecule has 3 heterocycles. The van der Waals surface area contributed by atoms with Gasteiger partial charge < -0.3 is 10.5 Å². The third kappa shape index (κ3) is 3.38. The second kappa shape index (κ2) is 6.94. The zero-order chi connectivity index (χ0) is 17.4. The Labute approximate surface area is 155 Å². The molecule has 1 aliphatic rings. The number of aromatic nitrogens is 2. The third-order valence-corrected chi connectivity index (χ3v) is 6.55. The predicted octanol–water partition coefficient (Wildman–Crippen LogP) is 4.66. The molecule has 25 heavy (non-hydrogen) atoms. The van der Waals surface area contributed by atoms with Crippen LogP contribution in [-0.4, -0.2) is 16.1 Å². The van der Waals surface area contributed by atoms with Crippen LogP contribution in [0.5, 0.6) is 0 Å². The van der Waals surface area contributed by atoms with E-state index in [0.29, 0.717) is 18.3 Å². The van der Waals surface area contributed by atoms with Crippen molar-refractivity contribution in [2.45, 2.75) is 43.9 Å². The number of nitrogens with two attached hydrogens (primary N) is 1. The van der Waals surface area contributed by atoms with E-state index in [2.05, 4.69) is 31.0 Å². The van der Waals surface area contributed by atoms with Crippen LogP contribution < -0.4 is 5.73 Å². The average Bonchev–Trinajstić information content (AvgIpc) is 2.98. The molecule has 4 rings (SSSR count). The fraction of sp³-hybridized carbons (Fsp3) is 0.368. The Balaban J connectivity index is 1.63. The molecule has 0 radical (unpaired) electrons. The highest BCUT2D eigenvalue weighted by atomic mass is 32.2. The van der Waals surface area contributed by atoms with Crippen LogP contribution in [0.25, 0.3) is 10.2 Å². The highest BCUT2D eigenvalue weighted by Crippen LogP contribution is 2.39. The summed E-state index contributed by atoms with van der Waals surface area (Å²) in [6.07, 6.45) is 1.15. The Morgan fingerprint density at radius 2 is 2.08 bits per heavy atom. The van der Waals surface area contributed by atoms with Crippen LogP contribution >= 0.6 is 23.1 Å². The maximum absolute atomic E-state index is 6.32. The van der Waals surface area contributed by atoms with E-state index in [1.54, 1.807) is 23.1 Å². The Hall–Kier alpha value is -1.63. The molecule has 2 aromatic heterocycles. The van der Waals surface area contributed by atoms with E-state index in [1.807, 2.05) is 18.2 Å². The molecular formula is C19H21N3OS2. The predicted molar refractivity (Wildman–Crippen MR) is 105 cm³/mol. The lowest BCUT2D eigenvalue weighted by Gasteiger charge is -2.26. The van der Waals surface area contributed by atoms with Crippen molar-refractivity contribution < 1.29 is 4.74 Å². The number of thiophene rings is 1. The average molecular weight is 372 g/mol. The number of hydrogen-bond donors (Lipinski definition) is 1. The Morgan fingerprint density at radius 1 is 1.28 bits per heavy atom. The van der Waals surface area contributed by atoms with Crippen LogP contribution in [0.1, 0.15) is 29.9 Å². The minimum absolute atomic E-state index is 0.247. The number of benzene rings is 1. The van der Waals surface area contributed by atoms with E-state index in [4.69, 9.17) is 15.5 Å². The molecule has 3 aromatic rings. The minimum atomic E-state index is 0.247. The molecule has 130 valence electrons. The first-order valence-corrected chi connectivity index (χ1v) is 10.3. The molecule has 0 bridgehead atoms. The second-order valence-electron chi connectivity index (χ2n) is 6.65. The van der Waals surface area contributed by atoms with Crippen molar-refractivity contribution in [1.29, 1.82) is 0 Å². The van der Waals surface area contributed by atoms with Crippen LogP contribution in [0, 0.1) is 5.92 Å². The van der Waals surface area contributed by atoms with E-state index in [-0.39, 0.29) is 6.10 Å². The lowest BCUT2D eigenvalue weighted by atomic mass is 9.96. The number of thioether (sulfide) groups is 1. The summed E-state index contributed by atoms with van der Waals surface area (Å²) in [6.45, 7) is 5.05. The Kier molecular flexibility index (Phi) is 4.67. The molecular weight excluding hydrogens is 350 g/mol. The zero-order valence-corrected chi connectivity index (χ0v) is 16.0. The molecule has 0 fully saturated rings. The minimum Gasteiger partial charge on any atom is -0.383 e. The summed E-state index contributed by atoms with van der Waals surface area (Å²) in [5.41, 5.74) is 8.87. The SMILES string of the molecule is CC(C)C1Cc2c(sc3nc(SCc4ccccc4)nc(N)c23)CO1. The van der Waals surface area contributed by atoms with Crippen LogP contribution in [0.4, 0.5) is 5.82 Å². The van der Waals surface area contributed by atoms with Gasteiger partial charge in [-0.05, 0) is 17.0 Å². The van der Waals surface area contributed by atoms with Crippen molar-refractivity contribution >= 4 is 39.1 Å². The second-order valence-corrected chi connectivity index (χ2v) is 8.67. The summed E-state index contributed by atoms with van der Waals surface area (Å²) in [5.74, 6) is 1.93. The molecule has 0 spiro atoms. The first-order valence-electron chi connectivity index (χ1n) is 8.48. The van der Waals surface area contributed by atoms with E-state index >= 15 is 0 Å². The van der Waals surface area contributed by atoms with Gasteiger partial charge in [0.05, 0.1) is 18.1 Å². The molecule has 0 saturated heterocycles. The number of ether oxygens (including phenoxy) is 1. The first-order chi connectivity index (χ1) is 12.1. The number of fused-ring (bicyclic) bond motifs is 3. The molecule has 0 amide bonds. The maximum Gasteiger partial charge on any atom is 0.191 e. The quantitative estimate of drug-likeness (QED) is 0.534. The van der Waals surface area contributed by atoms with Crippen LogP contribution in [-0.2, 0) is 23.5 Å². The van der Waals surface area contributed by atoms with Crippen molar-refractivity contribution in [2.24, 2.45) is 5.92 Å². The summed E-state index contributed by atoms with van der Waals surface area (Å²) in [7, 11) is 0. The summed E-state index contributed by atoms with van der Waals surface area (Å²) < 4.78 is 5.99. The van der Waals surface area contributed by atoms with Crippen molar-refractivity contribution in [3.05, 3.63) is 46.3 Å². The molecule has 4 nitrogen and oxygen atoms in total. The van der Waals surface area contributed by atoms with Gasteiger partial charge in [0, 0.05) is 17.1 Å². The number of anilines is 1. The maximum atomic E-state index is 6.32. The molecule has 1 atom stereocenters. The molecule has 1 unspecified atom stereocenters. The summed E-state index contributed by atoms with van der Waals surface area (Å²) in [4.78, 5) is 11.6. The van der Waals surface area contributed by atoms with Gasteiger partial charge in [0.1, 0.15) is 10.6 Å². The van der Waals surface area contributed by atoms with Gasteiger partial charge in [-0.2, -0.15) is 0 Å². The fourth-order valence-electron chi connectivity index (χ4n) is 3.10. The van der Waals surface area contributed by atoms with Crippen LogP contribution in [0.3, 0.4) is 0 Å². The van der Waals surface area contributed by atoms with Gasteiger partial charge in [-0.15, -0.1) is 11.3 Å². The normalized spacial score (nSPS) is 17.2. The van der Waals surface area contributed by atoms with E-state index in [1.165, 1.54) is 16.0 Å². The number of rotatable bonds is 4. The first kappa shape index (κ1) is 16.8. The number of nitrogen functional groups attached to an aromatic ring is 1. The topological polar surface area (TPSA) is 61.0 Å². The largest absolute Gasteiger partial charge is 0.383 e. The standard InChI is InChI=1S/C19H21N3OS2/c1-11(2)14-8-13-15(9-23-14)25-18-16(13)17(20)21-19(22-18)24-10-12-6-4-3-5-7-12/h3-7,11,14H,8-10H2,1-2H3,(H2,20,21,22). The molecule has 1 aromatic carbocycles. The Bertz CT molecular complexity index is 893. The van der Waals surface area contributed by atoms with Crippen LogP contribution in [0.2, 0.25) is 0 Å². The fourth-order valence-corrected chi connectivity index (χ4v) is 5.10. The van der Waals surface area contributed by atoms with Crippen molar-refractivity contribution in [1.82, 2.24) is 9.97 Å². The highest BCUT2D eigenvalue weighted by Gasteiger charge is 2.27. The van der Waals surface area contributed by atoms with Crippen molar-refractivity contribution in [3.63, 3.8) is 0 Å². The summed E-state index contributed by atoms with van der Waals surface area (Å²) in [5, 5.41) is 1.78. The van der Waals surface area contributed by atoms with Gasteiger partial charge in [-0.1, -0.05) is 55.9 Å². The molecule has 6 heteroatoms. The van der Waals surface area contributed by atoms with Crippen molar-refractivity contribution in [3.8, 4) is 0 Å². The molecule has 0 saturated carbocycles. The monoisotopic (exact) mass is 371 g/mol. The molecule has 2 N–H and O–H groups in total. The summed E-state index contributed by atoms with van der Waals surface area (Å²) >= 11 is 3.32. The van der Waals surface area contributed by atoms with Gasteiger partial charge in [0.25, 0.3) is 0 Å². The zero-order valence-electron chi connectivity index (χ0n) is 14.4. The lowest BCUT2D eigenvalue weighted by Crippen LogP contribution is -2.26. The Morgan fingerprint density at radius 3 is 2.84 bits per heavy atom. The number of nitrogens with zero attached hydrogens (tertiary/aromatic N) is 2. The lowest BCUT2D eigenvalue weighted by molar-refractivity contribution is 0.00203. The van der Waals surface area contributed by atoms with Crippen molar-refractivity contribution in [2.75, 3.05) is 5.73 Å². The smallest absolute Gasteiger partial charge is 0.191 e. The summed E-state index contributed by atoms with van der Waals surface area (Å²) in [6, 6.07) is 10.3. The van der Waals surface area contributed by atoms with Gasteiger partial charge in [-0.3, -0.25) is 0 Å². The van der Waals surface area contributed by atoms with Gasteiger partial charge in [0.15, 0.2) is 5.16 Å². The van der Waals surface area contributed by atoms with Gasteiger partial charge in [0.2, 0.25) is 0 Å². The highest BCUT2D eigenvalue weighted by molar-refractivity contribution is 7.98. The van der Waals surface area contributed by atoms with E-state index in [9.17, 15) is 0 Å². The third-order valence-electron chi connectivity index (χ3n) is 4.53. The molecule has 1 aliphatic heterocycles. The van der Waals surface area contributed by atoms with E-state index < -0.39 is 0 Å². The number of hydrogen-bond acceptors (Lipinski definition) is 6.